The van der Waals surface area contributed by atoms with Crippen LogP contribution in [0.2, 0.25) is 5.82 Å². The largest absolute Gasteiger partial charge is 0.478 e. The van der Waals surface area contributed by atoms with Gasteiger partial charge in [0.25, 0.3) is 0 Å². The van der Waals surface area contributed by atoms with Crippen molar-refractivity contribution in [3.63, 3.8) is 0 Å². The third kappa shape index (κ3) is 4.84. The number of hydrogen-bond donors (Lipinski definition) is 2. The SMILES string of the molecule is O=C(O)c1cnc(C2=NNC(c3ccc(BC4CCCC4)cn3)=C3CCCCCCC23)nc1. The van der Waals surface area contributed by atoms with Crippen molar-refractivity contribution in [3.8, 4) is 0 Å². The average molecular weight is 443 g/mol. The Morgan fingerprint density at radius 3 is 2.42 bits per heavy atom. The molecule has 2 aromatic rings. The first kappa shape index (κ1) is 21.8. The van der Waals surface area contributed by atoms with Crippen LogP contribution in [0.5, 0.6) is 0 Å². The highest BCUT2D eigenvalue weighted by Gasteiger charge is 2.31. The third-order valence-corrected chi connectivity index (χ3v) is 7.26. The van der Waals surface area contributed by atoms with Crippen molar-refractivity contribution >= 4 is 30.1 Å². The molecule has 0 amide bonds. The fraction of sp³-hybridized carbons (Fsp3) is 0.480. The predicted molar refractivity (Wildman–Crippen MR) is 130 cm³/mol. The van der Waals surface area contributed by atoms with Gasteiger partial charge in [0.15, 0.2) is 13.1 Å². The molecule has 0 aromatic carbocycles. The topological polar surface area (TPSA) is 100 Å². The Morgan fingerprint density at radius 1 is 0.939 bits per heavy atom. The van der Waals surface area contributed by atoms with Gasteiger partial charge in [-0.2, -0.15) is 5.10 Å². The van der Waals surface area contributed by atoms with E-state index in [1.54, 1.807) is 0 Å². The summed E-state index contributed by atoms with van der Waals surface area (Å²) in [6.45, 7) is 0. The van der Waals surface area contributed by atoms with Crippen molar-refractivity contribution < 1.29 is 9.90 Å². The zero-order valence-electron chi connectivity index (χ0n) is 19.0. The van der Waals surface area contributed by atoms with E-state index in [9.17, 15) is 4.79 Å². The Hall–Kier alpha value is -3.03. The monoisotopic (exact) mass is 443 g/mol. The molecule has 3 heterocycles. The van der Waals surface area contributed by atoms with E-state index in [0.717, 1.165) is 55.9 Å². The number of carbonyl (C=O) groups is 1. The highest BCUT2D eigenvalue weighted by molar-refractivity contribution is 6.54. The summed E-state index contributed by atoms with van der Waals surface area (Å²) in [4.78, 5) is 24.7. The molecule has 1 atom stereocenters. The fourth-order valence-electron chi connectivity index (χ4n) is 5.47. The number of nitrogens with zero attached hydrogens (tertiary/aromatic N) is 4. The molecule has 0 bridgehead atoms. The van der Waals surface area contributed by atoms with Gasteiger partial charge in [-0.25, -0.2) is 14.8 Å². The molecule has 5 rings (SSSR count). The van der Waals surface area contributed by atoms with Crippen LogP contribution in [0, 0.1) is 5.92 Å². The third-order valence-electron chi connectivity index (χ3n) is 7.26. The molecule has 33 heavy (non-hydrogen) atoms. The number of allylic oxidation sites excluding steroid dienone is 1. The van der Waals surface area contributed by atoms with Gasteiger partial charge in [0.1, 0.15) is 5.71 Å². The van der Waals surface area contributed by atoms with Gasteiger partial charge in [-0.05, 0) is 30.9 Å². The van der Waals surface area contributed by atoms with Crippen LogP contribution >= 0.6 is 0 Å². The molecule has 8 heteroatoms. The highest BCUT2D eigenvalue weighted by atomic mass is 16.4. The van der Waals surface area contributed by atoms with Gasteiger partial charge in [0, 0.05) is 24.5 Å². The first-order chi connectivity index (χ1) is 16.2. The second-order valence-electron chi connectivity index (χ2n) is 9.52. The van der Waals surface area contributed by atoms with Crippen molar-refractivity contribution in [1.82, 2.24) is 20.4 Å². The predicted octanol–water partition coefficient (Wildman–Crippen LogP) is 3.68. The summed E-state index contributed by atoms with van der Waals surface area (Å²) in [6, 6.07) is 4.36. The van der Waals surface area contributed by atoms with E-state index < -0.39 is 5.97 Å². The zero-order chi connectivity index (χ0) is 22.6. The van der Waals surface area contributed by atoms with Gasteiger partial charge in [-0.1, -0.05) is 62.3 Å². The van der Waals surface area contributed by atoms with Crippen LogP contribution in [0.4, 0.5) is 0 Å². The number of rotatable bonds is 5. The normalized spacial score (nSPS) is 21.5. The number of pyridine rings is 1. The molecule has 0 radical (unpaired) electrons. The Labute approximate surface area is 195 Å². The minimum atomic E-state index is -1.03. The Bertz CT molecular complexity index is 1060. The number of carboxylic acids is 1. The number of fused-ring (bicyclic) bond motifs is 1. The summed E-state index contributed by atoms with van der Waals surface area (Å²) in [5.74, 6) is 0.398. The summed E-state index contributed by atoms with van der Waals surface area (Å²) in [6.07, 6.45) is 16.9. The molecule has 2 aliphatic carbocycles. The molecule has 2 fully saturated rings. The smallest absolute Gasteiger partial charge is 0.338 e. The lowest BCUT2D eigenvalue weighted by Gasteiger charge is -2.30. The zero-order valence-corrected chi connectivity index (χ0v) is 19.0. The van der Waals surface area contributed by atoms with Gasteiger partial charge in [0.2, 0.25) is 0 Å². The van der Waals surface area contributed by atoms with Crippen LogP contribution < -0.4 is 10.9 Å². The van der Waals surface area contributed by atoms with Crippen LogP contribution in [0.15, 0.2) is 41.4 Å². The molecule has 2 saturated carbocycles. The van der Waals surface area contributed by atoms with Crippen molar-refractivity contribution in [2.75, 3.05) is 0 Å². The van der Waals surface area contributed by atoms with Crippen molar-refractivity contribution in [3.05, 3.63) is 53.4 Å². The summed E-state index contributed by atoms with van der Waals surface area (Å²) in [7, 11) is 1.13. The van der Waals surface area contributed by atoms with Gasteiger partial charge >= 0.3 is 5.97 Å². The molecular formula is C25H30BN5O2. The van der Waals surface area contributed by atoms with E-state index >= 15 is 0 Å². The maximum Gasteiger partial charge on any atom is 0.338 e. The standard InChI is InChI=1S/C25H30BN5O2/c32-25(33)16-13-28-24(29-14-16)23-20-10-4-2-1-3-9-19(20)22(30-31-23)21-12-11-18(15-27-21)26-17-7-5-6-8-17/h11-15,17,20,26,30H,1-10H2,(H,32,33). The Morgan fingerprint density at radius 2 is 1.70 bits per heavy atom. The summed E-state index contributed by atoms with van der Waals surface area (Å²) in [5.41, 5.74) is 8.74. The molecule has 7 nitrogen and oxygen atoms in total. The summed E-state index contributed by atoms with van der Waals surface area (Å²) < 4.78 is 0. The molecule has 170 valence electrons. The number of carboxylic acid groups (broad SMARTS) is 1. The van der Waals surface area contributed by atoms with Gasteiger partial charge in [-0.15, -0.1) is 0 Å². The van der Waals surface area contributed by atoms with Gasteiger partial charge < -0.3 is 5.11 Å². The lowest BCUT2D eigenvalue weighted by atomic mass is 9.59. The number of aromatic nitrogens is 3. The second kappa shape index (κ2) is 9.85. The van der Waals surface area contributed by atoms with E-state index in [1.807, 2.05) is 6.20 Å². The fourth-order valence-corrected chi connectivity index (χ4v) is 5.47. The molecule has 1 unspecified atom stereocenters. The van der Waals surface area contributed by atoms with E-state index in [0.29, 0.717) is 5.82 Å². The van der Waals surface area contributed by atoms with Crippen LogP contribution in [0.3, 0.4) is 0 Å². The second-order valence-corrected chi connectivity index (χ2v) is 9.52. The van der Waals surface area contributed by atoms with Crippen LogP contribution in [0.25, 0.3) is 5.70 Å². The molecule has 0 saturated heterocycles. The minimum Gasteiger partial charge on any atom is -0.478 e. The average Bonchev–Trinajstić information content (AvgIpc) is 3.33. The van der Waals surface area contributed by atoms with E-state index in [2.05, 4.69) is 27.5 Å². The van der Waals surface area contributed by atoms with Crippen molar-refractivity contribution in [2.45, 2.75) is 70.0 Å². The lowest BCUT2D eigenvalue weighted by Crippen LogP contribution is -2.31. The summed E-state index contributed by atoms with van der Waals surface area (Å²) >= 11 is 0. The highest BCUT2D eigenvalue weighted by Crippen LogP contribution is 2.36. The van der Waals surface area contributed by atoms with Crippen LogP contribution in [-0.2, 0) is 0 Å². The van der Waals surface area contributed by atoms with E-state index in [4.69, 9.17) is 15.2 Å². The maximum absolute atomic E-state index is 11.2. The first-order valence-corrected chi connectivity index (χ1v) is 12.3. The van der Waals surface area contributed by atoms with Crippen LogP contribution in [0.1, 0.15) is 86.1 Å². The molecule has 2 N–H and O–H groups in total. The Balaban J connectivity index is 1.42. The van der Waals surface area contributed by atoms with Crippen molar-refractivity contribution in [1.29, 1.82) is 0 Å². The van der Waals surface area contributed by atoms with Crippen LogP contribution in [-0.4, -0.2) is 39.0 Å². The Kier molecular flexibility index (Phi) is 6.51. The van der Waals surface area contributed by atoms with Crippen molar-refractivity contribution in [2.24, 2.45) is 11.0 Å². The first-order valence-electron chi connectivity index (χ1n) is 12.3. The molecule has 2 aromatic heterocycles. The molecule has 3 aliphatic rings. The molecule has 1 aliphatic heterocycles. The van der Waals surface area contributed by atoms with Gasteiger partial charge in [-0.3, -0.25) is 10.4 Å². The number of hydrogen-bond acceptors (Lipinski definition) is 6. The minimum absolute atomic E-state index is 0.0825. The summed E-state index contributed by atoms with van der Waals surface area (Å²) in [5, 5.41) is 13.9. The lowest BCUT2D eigenvalue weighted by molar-refractivity contribution is 0.0696. The van der Waals surface area contributed by atoms with E-state index in [1.165, 1.54) is 62.0 Å². The maximum atomic E-state index is 11.2. The quantitative estimate of drug-likeness (QED) is 0.684. The number of aromatic carboxylic acids is 1. The number of hydrazone groups is 1. The number of nitrogens with one attached hydrogen (secondary N) is 1. The van der Waals surface area contributed by atoms with Gasteiger partial charge in [0.05, 0.1) is 17.0 Å². The molecule has 0 spiro atoms. The molecular weight excluding hydrogens is 413 g/mol. The van der Waals surface area contributed by atoms with E-state index in [-0.39, 0.29) is 11.5 Å².